The molecule has 21 nitrogen and oxygen atoms in total. The summed E-state index contributed by atoms with van der Waals surface area (Å²) in [6, 6.07) is 13.0. The molecule has 26 heteroatoms. The fraction of sp³-hybridized carbons (Fsp3) is 0.444. The second kappa shape index (κ2) is 21.0. The highest BCUT2D eigenvalue weighted by atomic mass is 32.5. The van der Waals surface area contributed by atoms with Crippen molar-refractivity contribution in [3.8, 4) is 12.1 Å². The van der Waals surface area contributed by atoms with Gasteiger partial charge in [0.2, 0.25) is 0 Å². The molecule has 0 aliphatic carbocycles. The highest BCUT2D eigenvalue weighted by Gasteiger charge is 2.53. The maximum absolute atomic E-state index is 17.0. The molecule has 0 saturated carbocycles. The lowest BCUT2D eigenvalue weighted by molar-refractivity contribution is -0.0511. The van der Waals surface area contributed by atoms with Crippen molar-refractivity contribution < 1.29 is 55.3 Å². The molecule has 2 aliphatic heterocycles. The number of alkyl halides is 2. The van der Waals surface area contributed by atoms with Gasteiger partial charge in [0, 0.05) is 30.4 Å². The van der Waals surface area contributed by atoms with Crippen molar-refractivity contribution in [2.45, 2.75) is 68.5 Å². The molecule has 2 fully saturated rings. The number of hydrogen-bond acceptors (Lipinski definition) is 18. The highest BCUT2D eigenvalue weighted by molar-refractivity contribution is 8.09. The van der Waals surface area contributed by atoms with E-state index >= 15 is 8.78 Å². The Hall–Kier alpha value is -4.94. The summed E-state index contributed by atoms with van der Waals surface area (Å²) in [5, 5.41) is 31.2. The van der Waals surface area contributed by atoms with Gasteiger partial charge in [-0.15, -0.1) is 6.58 Å². The number of nitrogens with zero attached hydrogens (tertiary/aromatic N) is 7. The Morgan fingerprint density at radius 1 is 1.00 bits per heavy atom. The normalized spacial score (nSPS) is 25.4. The molecular formula is C36H39F2N9O12P2S. The van der Waals surface area contributed by atoms with Crippen LogP contribution in [0.3, 0.4) is 0 Å². The molecule has 3 aromatic heterocycles. The van der Waals surface area contributed by atoms with Gasteiger partial charge in [0.25, 0.3) is 11.5 Å². The first-order valence-electron chi connectivity index (χ1n) is 18.7. The monoisotopic (exact) mass is 921 g/mol. The Kier molecular flexibility index (Phi) is 15.7. The van der Waals surface area contributed by atoms with Crippen LogP contribution in [0.5, 0.6) is 0 Å². The molecule has 62 heavy (non-hydrogen) atoms. The molecule has 2 saturated heterocycles. The molecule has 3 N–H and O–H groups in total. The number of nitrogens with one attached hydrogen (secondary N) is 2. The number of amides is 1. The minimum Gasteiger partial charge on any atom is -0.394 e. The molecule has 0 radical (unpaired) electrons. The Labute approximate surface area is 355 Å². The minimum absolute atomic E-state index is 0.000869. The van der Waals surface area contributed by atoms with E-state index in [0.717, 1.165) is 23.2 Å². The number of imidazole rings is 1. The maximum atomic E-state index is 17.0. The number of aromatic amines is 1. The Morgan fingerprint density at radius 3 is 2.40 bits per heavy atom. The summed E-state index contributed by atoms with van der Waals surface area (Å²) < 4.78 is 89.4. The molecule has 1 aromatic carbocycles. The van der Waals surface area contributed by atoms with Crippen molar-refractivity contribution >= 4 is 49.0 Å². The number of aliphatic hydroxyl groups excluding tert-OH is 1. The van der Waals surface area contributed by atoms with Gasteiger partial charge >= 0.3 is 13.5 Å². The van der Waals surface area contributed by atoms with Gasteiger partial charge in [-0.1, -0.05) is 24.3 Å². The van der Waals surface area contributed by atoms with Crippen LogP contribution in [0.4, 0.5) is 14.6 Å². The van der Waals surface area contributed by atoms with E-state index in [4.69, 9.17) is 49.2 Å². The van der Waals surface area contributed by atoms with Gasteiger partial charge in [-0.3, -0.25) is 37.3 Å². The largest absolute Gasteiger partial charge is 0.475 e. The van der Waals surface area contributed by atoms with Crippen molar-refractivity contribution in [3.63, 3.8) is 0 Å². The standard InChI is InChI=1S/C36H39F2N9O12P2S/c1-2-15-53-61(52,54-16-8-13-40)59-30-24(57-35(27(30)38)47-21-43-28-31(41-20-42-32(28)47)45-33(50)22-9-4-3-5-10-22)19-55-60(62,17-7-6-12-39)58-29-23(18-48)56-34(26(29)37)46-14-11-25(49)44-36(46)51/h2-5,9-11,14,20-21,23-24,26-27,29-30,34-35,48H,1,6-8,15-19H2,(H,44,49,51)(H,41,42,45,50)/t23-,24-,26+,27?,29+,30?,34-,35-,60?,61?/m1/s1. The molecule has 1 amide bonds. The molecule has 0 spiro atoms. The lowest BCUT2D eigenvalue weighted by atomic mass is 10.1. The van der Waals surface area contributed by atoms with Gasteiger partial charge in [0.1, 0.15) is 30.7 Å². The van der Waals surface area contributed by atoms with E-state index in [1.54, 1.807) is 30.3 Å². The van der Waals surface area contributed by atoms with Crippen LogP contribution in [0.25, 0.3) is 11.2 Å². The number of nitriles is 2. The van der Waals surface area contributed by atoms with Crippen molar-refractivity contribution in [2.75, 3.05) is 37.9 Å². The number of ether oxygens (including phenoxy) is 2. The van der Waals surface area contributed by atoms with E-state index in [1.807, 2.05) is 17.1 Å². The van der Waals surface area contributed by atoms with Crippen LogP contribution >= 0.6 is 14.3 Å². The van der Waals surface area contributed by atoms with Crippen LogP contribution in [-0.2, 0) is 48.5 Å². The van der Waals surface area contributed by atoms with Crippen molar-refractivity contribution in [1.82, 2.24) is 29.1 Å². The van der Waals surface area contributed by atoms with E-state index in [0.29, 0.717) is 5.56 Å². The second-order valence-corrected chi connectivity index (χ2v) is 18.8. The Bertz CT molecular complexity index is 2520. The van der Waals surface area contributed by atoms with Gasteiger partial charge in [0.05, 0.1) is 51.3 Å². The van der Waals surface area contributed by atoms with Gasteiger partial charge in [-0.05, 0) is 30.4 Å². The molecule has 5 heterocycles. The van der Waals surface area contributed by atoms with Gasteiger partial charge < -0.3 is 28.9 Å². The SMILES string of the molecule is C=CCOP(=O)(OCCC#N)OC1C(F)[C@H](n2cnc3c(NC(=O)c4ccccc4)ncnc32)O[C@@H]1COP(=S)(CCCC#N)O[C@@H]1[C@H](F)[C@H](n2ccc(=O)[nH]c2=O)O[C@@H]1CO. The lowest BCUT2D eigenvalue weighted by Crippen LogP contribution is -2.37. The number of unbranched alkanes of at least 4 members (excludes halogenated alkanes) is 1. The molecular weight excluding hydrogens is 882 g/mol. The summed E-state index contributed by atoms with van der Waals surface area (Å²) in [5.74, 6) is -0.525. The summed E-state index contributed by atoms with van der Waals surface area (Å²) in [5.41, 5.74) is -1.38. The predicted octanol–water partition coefficient (Wildman–Crippen LogP) is 3.73. The van der Waals surface area contributed by atoms with Crippen LogP contribution in [0.15, 0.2) is 77.5 Å². The van der Waals surface area contributed by atoms with Gasteiger partial charge in [-0.25, -0.2) is 33.1 Å². The molecule has 6 rings (SSSR count). The third-order valence-corrected chi connectivity index (χ3v) is 13.8. The third kappa shape index (κ3) is 10.8. The summed E-state index contributed by atoms with van der Waals surface area (Å²) in [7, 11) is -4.69. The van der Waals surface area contributed by atoms with Crippen LogP contribution in [0.1, 0.15) is 42.1 Å². The van der Waals surface area contributed by atoms with Crippen LogP contribution < -0.4 is 16.6 Å². The zero-order valence-corrected chi connectivity index (χ0v) is 35.0. The maximum Gasteiger partial charge on any atom is 0.475 e. The number of anilines is 1. The van der Waals surface area contributed by atoms with Crippen LogP contribution in [-0.4, -0.2) is 109 Å². The van der Waals surface area contributed by atoms with E-state index in [-0.39, 0.29) is 49.0 Å². The van der Waals surface area contributed by atoms with Crippen molar-refractivity contribution in [2.24, 2.45) is 0 Å². The number of phosphoric acid groups is 1. The zero-order valence-electron chi connectivity index (χ0n) is 32.4. The fourth-order valence-electron chi connectivity index (χ4n) is 6.36. The molecule has 4 aromatic rings. The van der Waals surface area contributed by atoms with Crippen LogP contribution in [0.2, 0.25) is 0 Å². The first-order valence-corrected chi connectivity index (χ1v) is 23.0. The Morgan fingerprint density at radius 2 is 1.71 bits per heavy atom. The number of fused-ring (bicyclic) bond motifs is 1. The first kappa shape index (κ1) is 46.6. The first-order chi connectivity index (χ1) is 29.8. The van der Waals surface area contributed by atoms with Crippen LogP contribution in [0, 0.1) is 22.7 Å². The average molecular weight is 922 g/mol. The average Bonchev–Trinajstić information content (AvgIpc) is 3.92. The molecule has 10 atom stereocenters. The molecule has 0 bridgehead atoms. The molecule has 2 aliphatic rings. The number of H-pyrrole nitrogens is 1. The molecule has 330 valence electrons. The number of benzene rings is 1. The number of halogens is 2. The Balaban J connectivity index is 1.30. The number of carbonyl (C=O) groups is 1. The van der Waals surface area contributed by atoms with Gasteiger partial charge in [0.15, 0.2) is 48.3 Å². The number of aliphatic hydroxyl groups is 1. The number of rotatable bonds is 21. The van der Waals surface area contributed by atoms with E-state index in [9.17, 15) is 29.3 Å². The van der Waals surface area contributed by atoms with E-state index < -0.39 is 101 Å². The van der Waals surface area contributed by atoms with E-state index in [2.05, 4.69) is 26.8 Å². The lowest BCUT2D eigenvalue weighted by Gasteiger charge is -2.30. The number of aromatic nitrogens is 6. The number of hydrogen-bond donors (Lipinski definition) is 3. The highest BCUT2D eigenvalue weighted by Crippen LogP contribution is 2.56. The second-order valence-electron chi connectivity index (χ2n) is 13.4. The van der Waals surface area contributed by atoms with Crippen molar-refractivity contribution in [1.29, 1.82) is 10.5 Å². The smallest absolute Gasteiger partial charge is 0.394 e. The molecule has 4 unspecified atom stereocenters. The number of phosphoric ester groups is 1. The predicted molar refractivity (Wildman–Crippen MR) is 215 cm³/mol. The quantitative estimate of drug-likeness (QED) is 0.0610. The van der Waals surface area contributed by atoms with Gasteiger partial charge in [-0.2, -0.15) is 10.5 Å². The summed E-state index contributed by atoms with van der Waals surface area (Å²) >= 11 is 5.84. The van der Waals surface area contributed by atoms with E-state index in [1.165, 1.54) is 17.0 Å². The minimum atomic E-state index is -4.69. The third-order valence-electron chi connectivity index (χ3n) is 9.24. The number of carbonyl (C=O) groups excluding carboxylic acids is 1. The summed E-state index contributed by atoms with van der Waals surface area (Å²) in [6.45, 7) is -2.56. The fourth-order valence-corrected chi connectivity index (χ4v) is 10.4. The van der Waals surface area contributed by atoms with Crippen molar-refractivity contribution in [3.05, 3.63) is 94.3 Å². The topological polar surface area (TPSA) is 277 Å². The summed E-state index contributed by atoms with van der Waals surface area (Å²) in [6.07, 6.45) is -9.94. The zero-order chi connectivity index (χ0) is 44.4. The summed E-state index contributed by atoms with van der Waals surface area (Å²) in [4.78, 5) is 51.8.